The second-order valence-corrected chi connectivity index (χ2v) is 7.17. The number of hydrogen-bond donors (Lipinski definition) is 5. The molecule has 6 N–H and O–H groups in total. The molecule has 1 aliphatic rings. The summed E-state index contributed by atoms with van der Waals surface area (Å²) in [4.78, 5) is 12.1. The minimum absolute atomic E-state index is 0.0160. The normalized spacial score (nSPS) is 29.0. The first-order valence-electron chi connectivity index (χ1n) is 7.94. The van der Waals surface area contributed by atoms with E-state index in [1.165, 1.54) is 36.4 Å². The van der Waals surface area contributed by atoms with E-state index < -0.39 is 53.2 Å². The largest absolute Gasteiger partial charge is 0.394 e. The highest BCUT2D eigenvalue weighted by atomic mass is 32.2. The summed E-state index contributed by atoms with van der Waals surface area (Å²) in [6.45, 7) is -0.571. The van der Waals surface area contributed by atoms with Gasteiger partial charge in [-0.25, -0.2) is 0 Å². The standard InChI is InChI=1S/C16H21NO9S/c17-27(23,24)26-11-5-2-9(3-6-11)1-4-10(19)7-12-14(20)16(22)15(21)13(8-18)25-12/h1-6,12-16,18,20-22H,7-8H2,(H2,17,23,24)/b4-1+/t12-,13+,14-,15+,16+/m0/s1. The molecule has 1 heterocycles. The van der Waals surface area contributed by atoms with E-state index in [2.05, 4.69) is 4.18 Å². The molecule has 27 heavy (non-hydrogen) atoms. The van der Waals surface area contributed by atoms with Gasteiger partial charge in [-0.05, 0) is 23.8 Å². The Balaban J connectivity index is 1.96. The van der Waals surface area contributed by atoms with Gasteiger partial charge in [0.2, 0.25) is 0 Å². The summed E-state index contributed by atoms with van der Waals surface area (Å²) in [6, 6.07) is 5.70. The maximum absolute atomic E-state index is 12.1. The first kappa shape index (κ1) is 21.4. The Hall–Kier alpha value is -1.86. The molecule has 1 fully saturated rings. The molecule has 5 atom stereocenters. The van der Waals surface area contributed by atoms with Gasteiger partial charge in [0, 0.05) is 6.42 Å². The van der Waals surface area contributed by atoms with Crippen LogP contribution < -0.4 is 9.32 Å². The zero-order valence-corrected chi connectivity index (χ0v) is 14.9. The second-order valence-electron chi connectivity index (χ2n) is 6.02. The van der Waals surface area contributed by atoms with Crippen LogP contribution in [0.4, 0.5) is 0 Å². The van der Waals surface area contributed by atoms with Gasteiger partial charge >= 0.3 is 10.3 Å². The number of carbonyl (C=O) groups excluding carboxylic acids is 1. The predicted octanol–water partition coefficient (Wildman–Crippen LogP) is -1.92. The maximum Gasteiger partial charge on any atom is 0.380 e. The molecule has 2 rings (SSSR count). The number of aliphatic hydroxyl groups is 4. The van der Waals surface area contributed by atoms with Gasteiger partial charge < -0.3 is 29.3 Å². The number of benzene rings is 1. The van der Waals surface area contributed by atoms with Crippen LogP contribution in [0.25, 0.3) is 6.08 Å². The van der Waals surface area contributed by atoms with Crippen molar-refractivity contribution in [3.05, 3.63) is 35.9 Å². The van der Waals surface area contributed by atoms with Crippen molar-refractivity contribution in [1.29, 1.82) is 0 Å². The molecule has 0 saturated carbocycles. The van der Waals surface area contributed by atoms with Crippen LogP contribution in [0.3, 0.4) is 0 Å². The number of allylic oxidation sites excluding steroid dienone is 1. The van der Waals surface area contributed by atoms with Crippen molar-refractivity contribution in [3.63, 3.8) is 0 Å². The number of aliphatic hydroxyl groups excluding tert-OH is 4. The van der Waals surface area contributed by atoms with E-state index in [-0.39, 0.29) is 12.2 Å². The second kappa shape index (κ2) is 8.89. The van der Waals surface area contributed by atoms with Crippen molar-refractivity contribution in [2.24, 2.45) is 5.14 Å². The lowest BCUT2D eigenvalue weighted by Crippen LogP contribution is -2.58. The average molecular weight is 403 g/mol. The molecule has 0 spiro atoms. The number of rotatable bonds is 7. The highest BCUT2D eigenvalue weighted by molar-refractivity contribution is 7.84. The highest BCUT2D eigenvalue weighted by Crippen LogP contribution is 2.23. The molecule has 1 aromatic carbocycles. The number of ketones is 1. The van der Waals surface area contributed by atoms with E-state index in [1.54, 1.807) is 0 Å². The third-order valence-electron chi connectivity index (χ3n) is 3.95. The topological polar surface area (TPSA) is 177 Å². The summed E-state index contributed by atoms with van der Waals surface area (Å²) in [7, 11) is -4.12. The predicted molar refractivity (Wildman–Crippen MR) is 92.6 cm³/mol. The molecule has 0 unspecified atom stereocenters. The van der Waals surface area contributed by atoms with Crippen LogP contribution in [-0.2, 0) is 19.8 Å². The Morgan fingerprint density at radius 2 is 1.70 bits per heavy atom. The molecule has 0 radical (unpaired) electrons. The molecule has 0 aromatic heterocycles. The quantitative estimate of drug-likeness (QED) is 0.325. The van der Waals surface area contributed by atoms with E-state index in [4.69, 9.17) is 15.0 Å². The zero-order chi connectivity index (χ0) is 20.2. The van der Waals surface area contributed by atoms with Crippen molar-refractivity contribution >= 4 is 22.2 Å². The van der Waals surface area contributed by atoms with Gasteiger partial charge in [-0.15, -0.1) is 0 Å². The first-order valence-corrected chi connectivity index (χ1v) is 9.41. The van der Waals surface area contributed by atoms with Crippen molar-refractivity contribution in [3.8, 4) is 5.75 Å². The van der Waals surface area contributed by atoms with E-state index in [1.807, 2.05) is 0 Å². The Labute approximate surface area is 155 Å². The maximum atomic E-state index is 12.1. The van der Waals surface area contributed by atoms with E-state index >= 15 is 0 Å². The lowest BCUT2D eigenvalue weighted by Gasteiger charge is -2.39. The Bertz CT molecular complexity index is 776. The molecule has 11 heteroatoms. The zero-order valence-electron chi connectivity index (χ0n) is 14.1. The fraction of sp³-hybridized carbons (Fsp3) is 0.438. The summed E-state index contributed by atoms with van der Waals surface area (Å²) in [5.74, 6) is -0.411. The lowest BCUT2D eigenvalue weighted by atomic mass is 9.92. The Morgan fingerprint density at radius 3 is 2.26 bits per heavy atom. The van der Waals surface area contributed by atoms with Gasteiger partial charge in [-0.2, -0.15) is 13.6 Å². The smallest absolute Gasteiger partial charge is 0.380 e. The van der Waals surface area contributed by atoms with E-state index in [0.717, 1.165) is 0 Å². The molecule has 1 aliphatic heterocycles. The van der Waals surface area contributed by atoms with Crippen LogP contribution in [0.15, 0.2) is 30.3 Å². The first-order chi connectivity index (χ1) is 12.6. The van der Waals surface area contributed by atoms with Gasteiger partial charge in [-0.3, -0.25) is 4.79 Å². The van der Waals surface area contributed by atoms with Crippen LogP contribution in [0.5, 0.6) is 5.75 Å². The van der Waals surface area contributed by atoms with Gasteiger partial charge in [0.05, 0.1) is 12.7 Å². The molecule has 1 saturated heterocycles. The fourth-order valence-corrected chi connectivity index (χ4v) is 2.95. The Kier molecular flexibility index (Phi) is 7.06. The molecular weight excluding hydrogens is 382 g/mol. The van der Waals surface area contributed by atoms with Gasteiger partial charge in [0.1, 0.15) is 30.2 Å². The molecule has 10 nitrogen and oxygen atoms in total. The fourth-order valence-electron chi connectivity index (χ4n) is 2.57. The van der Waals surface area contributed by atoms with Crippen molar-refractivity contribution in [1.82, 2.24) is 0 Å². The highest BCUT2D eigenvalue weighted by Gasteiger charge is 2.43. The number of carbonyl (C=O) groups is 1. The van der Waals surface area contributed by atoms with Crippen LogP contribution >= 0.6 is 0 Å². The summed E-state index contributed by atoms with van der Waals surface area (Å²) in [5, 5.41) is 43.2. The van der Waals surface area contributed by atoms with Crippen LogP contribution in [-0.4, -0.2) is 71.8 Å². The van der Waals surface area contributed by atoms with E-state index in [9.17, 15) is 28.5 Å². The van der Waals surface area contributed by atoms with Crippen molar-refractivity contribution in [2.75, 3.05) is 6.61 Å². The van der Waals surface area contributed by atoms with Crippen LogP contribution in [0.2, 0.25) is 0 Å². The average Bonchev–Trinajstić information content (AvgIpc) is 2.60. The number of ether oxygens (including phenoxy) is 1. The Morgan fingerprint density at radius 1 is 1.11 bits per heavy atom. The summed E-state index contributed by atoms with van der Waals surface area (Å²) in [5.41, 5.74) is 0.568. The van der Waals surface area contributed by atoms with Gasteiger partial charge in [0.15, 0.2) is 5.78 Å². The van der Waals surface area contributed by atoms with Crippen molar-refractivity contribution in [2.45, 2.75) is 36.9 Å². The molecule has 1 aromatic rings. The third-order valence-corrected chi connectivity index (χ3v) is 4.37. The minimum atomic E-state index is -4.12. The minimum Gasteiger partial charge on any atom is -0.394 e. The van der Waals surface area contributed by atoms with Crippen LogP contribution in [0.1, 0.15) is 12.0 Å². The number of hydrogen-bond acceptors (Lipinski definition) is 9. The SMILES string of the molecule is NS(=O)(=O)Oc1ccc(/C=C/C(=O)C[C@@H]2O[C@H](CO)[C@@H](O)[C@H](O)[C@H]2O)cc1. The third kappa shape index (κ3) is 6.07. The van der Waals surface area contributed by atoms with Crippen molar-refractivity contribution < 1.29 is 42.6 Å². The molecule has 0 amide bonds. The molecule has 150 valence electrons. The van der Waals surface area contributed by atoms with Gasteiger partial charge in [-0.1, -0.05) is 18.2 Å². The molecule has 0 bridgehead atoms. The summed E-state index contributed by atoms with van der Waals surface area (Å²) in [6.07, 6.45) is -4.25. The molecular formula is C16H21NO9S. The summed E-state index contributed by atoms with van der Waals surface area (Å²) >= 11 is 0. The van der Waals surface area contributed by atoms with Gasteiger partial charge in [0.25, 0.3) is 0 Å². The molecule has 0 aliphatic carbocycles. The van der Waals surface area contributed by atoms with Crippen LogP contribution in [0, 0.1) is 0 Å². The monoisotopic (exact) mass is 403 g/mol. The summed E-state index contributed by atoms with van der Waals surface area (Å²) < 4.78 is 31.4. The number of nitrogens with two attached hydrogens (primary N) is 1. The lowest BCUT2D eigenvalue weighted by molar-refractivity contribution is -0.229. The van der Waals surface area contributed by atoms with E-state index in [0.29, 0.717) is 5.56 Å².